The van der Waals surface area contributed by atoms with Crippen LogP contribution in [0.1, 0.15) is 23.7 Å². The molecule has 0 aliphatic heterocycles. The maximum atomic E-state index is 4.40. The van der Waals surface area contributed by atoms with Gasteiger partial charge in [0, 0.05) is 29.0 Å². The second-order valence-corrected chi connectivity index (χ2v) is 4.52. The van der Waals surface area contributed by atoms with Crippen molar-refractivity contribution < 1.29 is 0 Å². The van der Waals surface area contributed by atoms with Crippen molar-refractivity contribution in [1.29, 1.82) is 0 Å². The van der Waals surface area contributed by atoms with Crippen molar-refractivity contribution >= 4 is 23.1 Å². The number of hydrogen-bond donors (Lipinski definition) is 1. The van der Waals surface area contributed by atoms with Crippen LogP contribution in [0.25, 0.3) is 23.1 Å². The van der Waals surface area contributed by atoms with E-state index in [4.69, 9.17) is 0 Å². The Labute approximate surface area is 112 Å². The quantitative estimate of drug-likeness (QED) is 0.735. The second-order valence-electron chi connectivity index (χ2n) is 4.52. The SMILES string of the molecule is CCc1ncccc1C=Cc1c[nH]c2ccccc12. The minimum atomic E-state index is 0.953. The molecule has 1 N–H and O–H groups in total. The summed E-state index contributed by atoms with van der Waals surface area (Å²) in [6, 6.07) is 12.4. The zero-order valence-corrected chi connectivity index (χ0v) is 10.9. The van der Waals surface area contributed by atoms with Crippen molar-refractivity contribution in [3.05, 3.63) is 65.6 Å². The van der Waals surface area contributed by atoms with Crippen LogP contribution in [0.3, 0.4) is 0 Å². The number of rotatable bonds is 3. The van der Waals surface area contributed by atoms with Crippen LogP contribution in [0, 0.1) is 0 Å². The Morgan fingerprint density at radius 1 is 1.05 bits per heavy atom. The molecule has 19 heavy (non-hydrogen) atoms. The normalized spacial score (nSPS) is 11.4. The molecule has 0 atom stereocenters. The first-order valence-electron chi connectivity index (χ1n) is 6.56. The molecule has 2 nitrogen and oxygen atoms in total. The molecule has 3 aromatic rings. The van der Waals surface area contributed by atoms with E-state index >= 15 is 0 Å². The molecule has 2 heterocycles. The third-order valence-corrected chi connectivity index (χ3v) is 3.32. The molecule has 0 radical (unpaired) electrons. The topological polar surface area (TPSA) is 28.7 Å². The molecule has 1 aromatic carbocycles. The first-order valence-corrected chi connectivity index (χ1v) is 6.56. The molecule has 0 spiro atoms. The zero-order chi connectivity index (χ0) is 13.1. The van der Waals surface area contributed by atoms with E-state index in [1.807, 2.05) is 24.5 Å². The number of para-hydroxylation sites is 1. The molecule has 0 aliphatic rings. The molecule has 0 bridgehead atoms. The molecule has 0 aliphatic carbocycles. The second kappa shape index (κ2) is 5.11. The number of pyridine rings is 1. The van der Waals surface area contributed by atoms with E-state index in [0.29, 0.717) is 0 Å². The van der Waals surface area contributed by atoms with Crippen LogP contribution >= 0.6 is 0 Å². The van der Waals surface area contributed by atoms with Crippen LogP contribution < -0.4 is 0 Å². The van der Waals surface area contributed by atoms with Gasteiger partial charge >= 0.3 is 0 Å². The lowest BCUT2D eigenvalue weighted by Gasteiger charge is -2.00. The van der Waals surface area contributed by atoms with Gasteiger partial charge in [0.05, 0.1) is 0 Å². The predicted octanol–water partition coefficient (Wildman–Crippen LogP) is 4.30. The number of benzene rings is 1. The fourth-order valence-electron chi connectivity index (χ4n) is 2.31. The third kappa shape index (κ3) is 2.29. The van der Waals surface area contributed by atoms with Crippen molar-refractivity contribution in [2.24, 2.45) is 0 Å². The molecule has 0 saturated carbocycles. The Hall–Kier alpha value is -2.35. The van der Waals surface area contributed by atoms with Crippen LogP contribution in [0.4, 0.5) is 0 Å². The number of aryl methyl sites for hydroxylation is 1. The van der Waals surface area contributed by atoms with E-state index in [1.165, 1.54) is 22.0 Å². The number of H-pyrrole nitrogens is 1. The van der Waals surface area contributed by atoms with Gasteiger partial charge in [0.2, 0.25) is 0 Å². The molecule has 0 saturated heterocycles. The lowest BCUT2D eigenvalue weighted by molar-refractivity contribution is 1.03. The van der Waals surface area contributed by atoms with Crippen LogP contribution in [-0.4, -0.2) is 9.97 Å². The van der Waals surface area contributed by atoms with Crippen LogP contribution in [-0.2, 0) is 6.42 Å². The summed E-state index contributed by atoms with van der Waals surface area (Å²) < 4.78 is 0. The van der Waals surface area contributed by atoms with Gasteiger partial charge in [-0.1, -0.05) is 43.3 Å². The molecule has 3 rings (SSSR count). The van der Waals surface area contributed by atoms with E-state index in [9.17, 15) is 0 Å². The molecule has 94 valence electrons. The lowest BCUT2D eigenvalue weighted by atomic mass is 10.1. The predicted molar refractivity (Wildman–Crippen MR) is 80.8 cm³/mol. The number of fused-ring (bicyclic) bond motifs is 1. The number of aromatic nitrogens is 2. The first-order chi connectivity index (χ1) is 9.38. The van der Waals surface area contributed by atoms with E-state index in [2.05, 4.69) is 53.3 Å². The number of hydrogen-bond acceptors (Lipinski definition) is 1. The molecular formula is C17H16N2. The highest BCUT2D eigenvalue weighted by molar-refractivity contribution is 5.91. The summed E-state index contributed by atoms with van der Waals surface area (Å²) in [5.41, 5.74) is 4.71. The van der Waals surface area contributed by atoms with Gasteiger partial charge in [-0.15, -0.1) is 0 Å². The molecule has 0 amide bonds. The van der Waals surface area contributed by atoms with Crippen LogP contribution in [0.5, 0.6) is 0 Å². The van der Waals surface area contributed by atoms with Crippen LogP contribution in [0.2, 0.25) is 0 Å². The van der Waals surface area contributed by atoms with Crippen molar-refractivity contribution in [3.63, 3.8) is 0 Å². The van der Waals surface area contributed by atoms with Crippen molar-refractivity contribution in [2.75, 3.05) is 0 Å². The number of nitrogens with zero attached hydrogens (tertiary/aromatic N) is 1. The third-order valence-electron chi connectivity index (χ3n) is 3.32. The van der Waals surface area contributed by atoms with Crippen LogP contribution in [0.15, 0.2) is 48.8 Å². The van der Waals surface area contributed by atoms with Gasteiger partial charge in [0.15, 0.2) is 0 Å². The molecular weight excluding hydrogens is 232 g/mol. The van der Waals surface area contributed by atoms with Gasteiger partial charge in [0.25, 0.3) is 0 Å². The largest absolute Gasteiger partial charge is 0.361 e. The minimum Gasteiger partial charge on any atom is -0.361 e. The minimum absolute atomic E-state index is 0.953. The summed E-state index contributed by atoms with van der Waals surface area (Å²) in [6.45, 7) is 2.13. The van der Waals surface area contributed by atoms with E-state index in [1.54, 1.807) is 0 Å². The number of nitrogens with one attached hydrogen (secondary N) is 1. The zero-order valence-electron chi connectivity index (χ0n) is 10.9. The monoisotopic (exact) mass is 248 g/mol. The molecule has 0 unspecified atom stereocenters. The van der Waals surface area contributed by atoms with Crippen molar-refractivity contribution in [1.82, 2.24) is 9.97 Å². The summed E-state index contributed by atoms with van der Waals surface area (Å²) in [5.74, 6) is 0. The van der Waals surface area contributed by atoms with Gasteiger partial charge in [0.1, 0.15) is 0 Å². The van der Waals surface area contributed by atoms with E-state index in [0.717, 1.165) is 12.1 Å². The first kappa shape index (κ1) is 11.7. The number of aromatic amines is 1. The summed E-state index contributed by atoms with van der Waals surface area (Å²) in [7, 11) is 0. The maximum Gasteiger partial charge on any atom is 0.0473 e. The standard InChI is InChI=1S/C17H16N2/c1-2-16-13(6-5-11-18-16)9-10-14-12-19-17-8-4-3-7-15(14)17/h3-12,19H,2H2,1H3. The van der Waals surface area contributed by atoms with E-state index in [-0.39, 0.29) is 0 Å². The lowest BCUT2D eigenvalue weighted by Crippen LogP contribution is -1.89. The summed E-state index contributed by atoms with van der Waals surface area (Å²) in [4.78, 5) is 7.69. The Bertz CT molecular complexity index is 723. The highest BCUT2D eigenvalue weighted by Gasteiger charge is 2.00. The Kier molecular flexibility index (Phi) is 3.15. The highest BCUT2D eigenvalue weighted by Crippen LogP contribution is 2.20. The average Bonchev–Trinajstić information content (AvgIpc) is 2.89. The van der Waals surface area contributed by atoms with Gasteiger partial charge in [-0.3, -0.25) is 4.98 Å². The molecule has 2 heteroatoms. The fraction of sp³-hybridized carbons (Fsp3) is 0.118. The highest BCUT2D eigenvalue weighted by atomic mass is 14.7. The van der Waals surface area contributed by atoms with Crippen molar-refractivity contribution in [2.45, 2.75) is 13.3 Å². The summed E-state index contributed by atoms with van der Waals surface area (Å²) >= 11 is 0. The Morgan fingerprint density at radius 2 is 1.89 bits per heavy atom. The van der Waals surface area contributed by atoms with Gasteiger partial charge in [-0.2, -0.15) is 0 Å². The maximum absolute atomic E-state index is 4.40. The molecule has 0 fully saturated rings. The Balaban J connectivity index is 1.98. The molecule has 2 aromatic heterocycles. The summed E-state index contributed by atoms with van der Waals surface area (Å²) in [6.07, 6.45) is 9.13. The van der Waals surface area contributed by atoms with E-state index < -0.39 is 0 Å². The smallest absolute Gasteiger partial charge is 0.0473 e. The summed E-state index contributed by atoms with van der Waals surface area (Å²) in [5, 5.41) is 1.25. The van der Waals surface area contributed by atoms with Crippen molar-refractivity contribution in [3.8, 4) is 0 Å². The van der Waals surface area contributed by atoms with Gasteiger partial charge < -0.3 is 4.98 Å². The van der Waals surface area contributed by atoms with Gasteiger partial charge in [-0.05, 0) is 29.7 Å². The van der Waals surface area contributed by atoms with Gasteiger partial charge in [-0.25, -0.2) is 0 Å². The fourth-order valence-corrected chi connectivity index (χ4v) is 2.31. The average molecular weight is 248 g/mol. The Morgan fingerprint density at radius 3 is 2.79 bits per heavy atom.